The number of ketones is 1. The SMILES string of the molecule is CC(C)(C)CC(=O)CC(C)(C)C. The van der Waals surface area contributed by atoms with Gasteiger partial charge in [0, 0.05) is 12.8 Å². The summed E-state index contributed by atoms with van der Waals surface area (Å²) in [7, 11) is 0. The Hall–Kier alpha value is -0.330. The van der Waals surface area contributed by atoms with Crippen LogP contribution in [0.5, 0.6) is 0 Å². The second-order valence-electron chi connectivity index (χ2n) is 6.01. The summed E-state index contributed by atoms with van der Waals surface area (Å²) in [6.45, 7) is 12.6. The summed E-state index contributed by atoms with van der Waals surface area (Å²) in [6.07, 6.45) is 1.40. The molecule has 0 amide bonds. The molecule has 1 heteroatoms. The van der Waals surface area contributed by atoms with Crippen molar-refractivity contribution >= 4 is 5.78 Å². The average Bonchev–Trinajstić information content (AvgIpc) is 1.49. The molecular formula is C11H22O. The van der Waals surface area contributed by atoms with Gasteiger partial charge in [-0.2, -0.15) is 0 Å². The van der Waals surface area contributed by atoms with Crippen LogP contribution in [0.1, 0.15) is 54.4 Å². The lowest BCUT2D eigenvalue weighted by Crippen LogP contribution is -2.18. The van der Waals surface area contributed by atoms with Crippen molar-refractivity contribution < 1.29 is 4.79 Å². The molecule has 0 aromatic heterocycles. The van der Waals surface area contributed by atoms with E-state index in [1.807, 2.05) is 0 Å². The van der Waals surface area contributed by atoms with E-state index in [-0.39, 0.29) is 10.8 Å². The minimum Gasteiger partial charge on any atom is -0.300 e. The van der Waals surface area contributed by atoms with E-state index in [2.05, 4.69) is 41.5 Å². The van der Waals surface area contributed by atoms with Crippen LogP contribution < -0.4 is 0 Å². The van der Waals surface area contributed by atoms with Gasteiger partial charge in [0.25, 0.3) is 0 Å². The number of hydrogen-bond acceptors (Lipinski definition) is 1. The number of carbonyl (C=O) groups excluding carboxylic acids is 1. The molecule has 0 heterocycles. The van der Waals surface area contributed by atoms with Crippen LogP contribution in [0.25, 0.3) is 0 Å². The van der Waals surface area contributed by atoms with Crippen LogP contribution in [-0.4, -0.2) is 5.78 Å². The Bertz CT molecular complexity index is 137. The maximum atomic E-state index is 11.5. The minimum absolute atomic E-state index is 0.141. The van der Waals surface area contributed by atoms with Crippen molar-refractivity contribution in [3.63, 3.8) is 0 Å². The molecule has 0 N–H and O–H groups in total. The average molecular weight is 170 g/mol. The van der Waals surface area contributed by atoms with Crippen LogP contribution in [0, 0.1) is 10.8 Å². The zero-order chi connectivity index (χ0) is 9.99. The highest BCUT2D eigenvalue weighted by atomic mass is 16.1. The summed E-state index contributed by atoms with van der Waals surface area (Å²) in [6, 6.07) is 0. The van der Waals surface area contributed by atoms with Crippen molar-refractivity contribution in [1.82, 2.24) is 0 Å². The number of rotatable bonds is 2. The topological polar surface area (TPSA) is 17.1 Å². The fraction of sp³-hybridized carbons (Fsp3) is 0.909. The summed E-state index contributed by atoms with van der Waals surface area (Å²) in [5, 5.41) is 0. The quantitative estimate of drug-likeness (QED) is 0.620. The van der Waals surface area contributed by atoms with Gasteiger partial charge in [-0.3, -0.25) is 4.79 Å². The summed E-state index contributed by atoms with van der Waals surface area (Å²) < 4.78 is 0. The Morgan fingerprint density at radius 2 is 1.08 bits per heavy atom. The Labute approximate surface area is 76.6 Å². The summed E-state index contributed by atoms with van der Waals surface area (Å²) in [5.74, 6) is 0.384. The molecule has 0 aliphatic heterocycles. The third kappa shape index (κ3) is 7.77. The maximum Gasteiger partial charge on any atom is 0.133 e. The molecule has 0 unspecified atom stereocenters. The van der Waals surface area contributed by atoms with Crippen molar-refractivity contribution in [3.05, 3.63) is 0 Å². The first-order valence-corrected chi connectivity index (χ1v) is 4.62. The summed E-state index contributed by atoms with van der Waals surface area (Å²) in [5.41, 5.74) is 0.282. The van der Waals surface area contributed by atoms with Crippen molar-refractivity contribution in [1.29, 1.82) is 0 Å². The van der Waals surface area contributed by atoms with E-state index in [1.165, 1.54) is 0 Å². The first-order chi connectivity index (χ1) is 5.10. The Morgan fingerprint density at radius 3 is 1.25 bits per heavy atom. The highest BCUT2D eigenvalue weighted by Crippen LogP contribution is 2.25. The van der Waals surface area contributed by atoms with Gasteiger partial charge in [-0.15, -0.1) is 0 Å². The van der Waals surface area contributed by atoms with Crippen molar-refractivity contribution in [2.75, 3.05) is 0 Å². The lowest BCUT2D eigenvalue weighted by Gasteiger charge is -2.21. The second kappa shape index (κ2) is 3.59. The molecule has 0 spiro atoms. The van der Waals surface area contributed by atoms with Gasteiger partial charge in [0.2, 0.25) is 0 Å². The van der Waals surface area contributed by atoms with Crippen LogP contribution >= 0.6 is 0 Å². The van der Waals surface area contributed by atoms with Gasteiger partial charge in [0.1, 0.15) is 5.78 Å². The van der Waals surface area contributed by atoms with Crippen LogP contribution in [0.4, 0.5) is 0 Å². The fourth-order valence-electron chi connectivity index (χ4n) is 1.25. The predicted octanol–water partition coefficient (Wildman–Crippen LogP) is 3.43. The third-order valence-electron chi connectivity index (χ3n) is 1.45. The molecule has 1 nitrogen and oxygen atoms in total. The predicted molar refractivity (Wildman–Crippen MR) is 53.2 cm³/mol. The Kier molecular flexibility index (Phi) is 3.49. The van der Waals surface area contributed by atoms with Crippen LogP contribution in [0.3, 0.4) is 0 Å². The molecule has 0 aliphatic carbocycles. The molecule has 0 saturated heterocycles. The first kappa shape index (κ1) is 11.7. The zero-order valence-electron chi connectivity index (χ0n) is 9.32. The molecule has 72 valence electrons. The highest BCUT2D eigenvalue weighted by molar-refractivity contribution is 5.79. The zero-order valence-corrected chi connectivity index (χ0v) is 9.32. The monoisotopic (exact) mass is 170 g/mol. The van der Waals surface area contributed by atoms with Gasteiger partial charge in [-0.1, -0.05) is 41.5 Å². The molecule has 0 aliphatic rings. The molecule has 0 aromatic carbocycles. The molecule has 0 fully saturated rings. The van der Waals surface area contributed by atoms with Gasteiger partial charge in [-0.25, -0.2) is 0 Å². The van der Waals surface area contributed by atoms with E-state index in [1.54, 1.807) is 0 Å². The van der Waals surface area contributed by atoms with Crippen LogP contribution in [-0.2, 0) is 4.79 Å². The van der Waals surface area contributed by atoms with Crippen molar-refractivity contribution in [3.8, 4) is 0 Å². The van der Waals surface area contributed by atoms with Crippen LogP contribution in [0.2, 0.25) is 0 Å². The van der Waals surface area contributed by atoms with Gasteiger partial charge < -0.3 is 0 Å². The van der Waals surface area contributed by atoms with Gasteiger partial charge >= 0.3 is 0 Å². The van der Waals surface area contributed by atoms with E-state index in [0.717, 1.165) is 0 Å². The summed E-state index contributed by atoms with van der Waals surface area (Å²) in [4.78, 5) is 11.5. The van der Waals surface area contributed by atoms with E-state index < -0.39 is 0 Å². The van der Waals surface area contributed by atoms with E-state index >= 15 is 0 Å². The van der Waals surface area contributed by atoms with E-state index in [4.69, 9.17) is 0 Å². The Balaban J connectivity index is 3.92. The molecule has 0 aromatic rings. The minimum atomic E-state index is 0.141. The number of hydrogen-bond donors (Lipinski definition) is 0. The maximum absolute atomic E-state index is 11.5. The molecule has 0 radical (unpaired) electrons. The van der Waals surface area contributed by atoms with Crippen LogP contribution in [0.15, 0.2) is 0 Å². The van der Waals surface area contributed by atoms with E-state index in [0.29, 0.717) is 18.6 Å². The van der Waals surface area contributed by atoms with Gasteiger partial charge in [0.05, 0.1) is 0 Å². The highest BCUT2D eigenvalue weighted by Gasteiger charge is 2.20. The Morgan fingerprint density at radius 1 is 0.833 bits per heavy atom. The van der Waals surface area contributed by atoms with Gasteiger partial charge in [-0.05, 0) is 10.8 Å². The number of Topliss-reactive ketones (excluding diaryl/α,β-unsaturated/α-hetero) is 1. The van der Waals surface area contributed by atoms with E-state index in [9.17, 15) is 4.79 Å². The molecule has 0 bridgehead atoms. The van der Waals surface area contributed by atoms with Crippen molar-refractivity contribution in [2.24, 2.45) is 10.8 Å². The standard InChI is InChI=1S/C11H22O/c1-10(2,3)7-9(12)8-11(4,5)6/h7-8H2,1-6H3. The fourth-order valence-corrected chi connectivity index (χ4v) is 1.25. The second-order valence-corrected chi connectivity index (χ2v) is 6.01. The molecule has 0 rings (SSSR count). The molecule has 12 heavy (non-hydrogen) atoms. The molecule has 0 saturated carbocycles. The number of carbonyl (C=O) groups is 1. The first-order valence-electron chi connectivity index (χ1n) is 4.62. The van der Waals surface area contributed by atoms with Crippen molar-refractivity contribution in [2.45, 2.75) is 54.4 Å². The lowest BCUT2D eigenvalue weighted by atomic mass is 9.83. The third-order valence-corrected chi connectivity index (χ3v) is 1.45. The van der Waals surface area contributed by atoms with Gasteiger partial charge in [0.15, 0.2) is 0 Å². The largest absolute Gasteiger partial charge is 0.300 e. The molecule has 0 atom stereocenters. The summed E-state index contributed by atoms with van der Waals surface area (Å²) >= 11 is 0. The normalized spacial score (nSPS) is 13.2. The smallest absolute Gasteiger partial charge is 0.133 e. The lowest BCUT2D eigenvalue weighted by molar-refractivity contribution is -0.122. The molecular weight excluding hydrogens is 148 g/mol.